The minimum Gasteiger partial charge on any atom is -0.508 e. The quantitative estimate of drug-likeness (QED) is 0.678. The number of carbonyl (C=O) groups excluding carboxylic acids is 1. The van der Waals surface area contributed by atoms with Crippen molar-refractivity contribution in [3.63, 3.8) is 0 Å². The number of hydrogen-bond donors (Lipinski definition) is 1. The van der Waals surface area contributed by atoms with Crippen molar-refractivity contribution in [1.82, 2.24) is 0 Å². The molecule has 1 aromatic carbocycles. The van der Waals surface area contributed by atoms with Crippen LogP contribution in [0.4, 0.5) is 0 Å². The number of benzene rings is 1. The lowest BCUT2D eigenvalue weighted by Gasteiger charge is -2.32. The third kappa shape index (κ3) is 4.52. The molecule has 1 N–H and O–H groups in total. The van der Waals surface area contributed by atoms with E-state index >= 15 is 0 Å². The van der Waals surface area contributed by atoms with Gasteiger partial charge in [-0.3, -0.25) is 4.79 Å². The van der Waals surface area contributed by atoms with Gasteiger partial charge in [-0.15, -0.1) is 0 Å². The van der Waals surface area contributed by atoms with Crippen LogP contribution in [0.1, 0.15) is 77.7 Å². The Morgan fingerprint density at radius 2 is 1.75 bits per heavy atom. The second-order valence-electron chi connectivity index (χ2n) is 7.74. The topological polar surface area (TPSA) is 46.5 Å². The molecule has 2 rings (SSSR count). The molecule has 2 unspecified atom stereocenters. The Morgan fingerprint density at radius 1 is 1.17 bits per heavy atom. The average Bonchev–Trinajstić information content (AvgIpc) is 3.01. The molecule has 24 heavy (non-hydrogen) atoms. The third-order valence-electron chi connectivity index (χ3n) is 5.65. The first-order chi connectivity index (χ1) is 11.4. The summed E-state index contributed by atoms with van der Waals surface area (Å²) in [7, 11) is 0. The molecule has 1 fully saturated rings. The largest absolute Gasteiger partial charge is 0.508 e. The molecule has 0 amide bonds. The maximum atomic E-state index is 12.9. The van der Waals surface area contributed by atoms with E-state index in [9.17, 15) is 9.90 Å². The maximum Gasteiger partial charge on any atom is 0.309 e. The van der Waals surface area contributed by atoms with E-state index in [1.165, 1.54) is 0 Å². The normalized spacial score (nSPS) is 19.2. The second kappa shape index (κ2) is 8.04. The van der Waals surface area contributed by atoms with Crippen LogP contribution in [0, 0.1) is 11.8 Å². The second-order valence-corrected chi connectivity index (χ2v) is 7.74. The predicted molar refractivity (Wildman–Crippen MR) is 97.0 cm³/mol. The molecule has 1 aliphatic rings. The van der Waals surface area contributed by atoms with Crippen molar-refractivity contribution >= 4 is 5.97 Å². The number of phenols is 1. The van der Waals surface area contributed by atoms with Gasteiger partial charge in [0.15, 0.2) is 0 Å². The summed E-state index contributed by atoms with van der Waals surface area (Å²) in [6.45, 7) is 8.47. The highest BCUT2D eigenvalue weighted by Crippen LogP contribution is 2.38. The highest BCUT2D eigenvalue weighted by atomic mass is 16.6. The molecule has 1 aromatic rings. The van der Waals surface area contributed by atoms with Crippen LogP contribution in [0.2, 0.25) is 0 Å². The summed E-state index contributed by atoms with van der Waals surface area (Å²) >= 11 is 0. The molecule has 3 nitrogen and oxygen atoms in total. The van der Waals surface area contributed by atoms with Crippen LogP contribution in [0.25, 0.3) is 0 Å². The number of rotatable bonds is 7. The van der Waals surface area contributed by atoms with E-state index in [0.717, 1.165) is 44.1 Å². The Hall–Kier alpha value is -1.51. The average molecular weight is 332 g/mol. The van der Waals surface area contributed by atoms with Gasteiger partial charge in [0, 0.05) is 0 Å². The van der Waals surface area contributed by atoms with Crippen molar-refractivity contribution < 1.29 is 14.6 Å². The summed E-state index contributed by atoms with van der Waals surface area (Å²) in [6.07, 6.45) is 6.04. The zero-order valence-corrected chi connectivity index (χ0v) is 15.5. The van der Waals surface area contributed by atoms with Crippen LogP contribution >= 0.6 is 0 Å². The maximum absolute atomic E-state index is 12.9. The molecule has 0 aliphatic heterocycles. The standard InChI is InChI=1S/C21H32O3/c1-5-21(12-6-7-13-21)24-20(23)19(15(2)3)14-16(4)17-8-10-18(22)11-9-17/h8-11,15-16,19,22H,5-7,12-14H2,1-4H3. The summed E-state index contributed by atoms with van der Waals surface area (Å²) in [4.78, 5) is 12.9. The molecule has 0 saturated heterocycles. The van der Waals surface area contributed by atoms with Crippen molar-refractivity contribution in [3.8, 4) is 5.75 Å². The summed E-state index contributed by atoms with van der Waals surface area (Å²) < 4.78 is 6.05. The lowest BCUT2D eigenvalue weighted by molar-refractivity contribution is -0.167. The number of hydrogen-bond acceptors (Lipinski definition) is 3. The van der Waals surface area contributed by atoms with E-state index in [1.807, 2.05) is 12.1 Å². The first-order valence-corrected chi connectivity index (χ1v) is 9.38. The van der Waals surface area contributed by atoms with E-state index in [4.69, 9.17) is 4.74 Å². The molecule has 0 radical (unpaired) electrons. The zero-order chi connectivity index (χ0) is 17.7. The predicted octanol–water partition coefficient (Wildman–Crippen LogP) is 5.42. The summed E-state index contributed by atoms with van der Waals surface area (Å²) in [6, 6.07) is 7.29. The highest BCUT2D eigenvalue weighted by Gasteiger charge is 2.38. The van der Waals surface area contributed by atoms with Crippen molar-refractivity contribution in [3.05, 3.63) is 29.8 Å². The van der Waals surface area contributed by atoms with Crippen molar-refractivity contribution in [1.29, 1.82) is 0 Å². The summed E-state index contributed by atoms with van der Waals surface area (Å²) in [5, 5.41) is 9.44. The van der Waals surface area contributed by atoms with E-state index in [-0.39, 0.29) is 35.1 Å². The van der Waals surface area contributed by atoms with Crippen LogP contribution in [0.5, 0.6) is 5.75 Å². The van der Waals surface area contributed by atoms with Crippen molar-refractivity contribution in [2.24, 2.45) is 11.8 Å². The van der Waals surface area contributed by atoms with E-state index in [2.05, 4.69) is 27.7 Å². The van der Waals surface area contributed by atoms with Crippen LogP contribution in [0.3, 0.4) is 0 Å². The Labute approximate surface area is 146 Å². The van der Waals surface area contributed by atoms with Gasteiger partial charge in [0.2, 0.25) is 0 Å². The molecule has 0 spiro atoms. The lowest BCUT2D eigenvalue weighted by atomic mass is 9.84. The van der Waals surface area contributed by atoms with E-state index in [1.54, 1.807) is 12.1 Å². The van der Waals surface area contributed by atoms with Gasteiger partial charge < -0.3 is 9.84 Å². The minimum absolute atomic E-state index is 0.0284. The van der Waals surface area contributed by atoms with Crippen LogP contribution in [0.15, 0.2) is 24.3 Å². The Morgan fingerprint density at radius 3 is 2.25 bits per heavy atom. The minimum atomic E-state index is -0.216. The molecule has 0 bridgehead atoms. The fourth-order valence-electron chi connectivity index (χ4n) is 3.80. The van der Waals surface area contributed by atoms with Crippen LogP contribution in [-0.2, 0) is 9.53 Å². The molecule has 2 atom stereocenters. The number of phenolic OH excluding ortho intramolecular Hbond substituents is 1. The number of aromatic hydroxyl groups is 1. The van der Waals surface area contributed by atoms with Gasteiger partial charge in [0.05, 0.1) is 5.92 Å². The third-order valence-corrected chi connectivity index (χ3v) is 5.65. The molecule has 0 heterocycles. The van der Waals surface area contributed by atoms with Gasteiger partial charge in [-0.05, 0) is 68.1 Å². The zero-order valence-electron chi connectivity index (χ0n) is 15.5. The van der Waals surface area contributed by atoms with Gasteiger partial charge >= 0.3 is 5.97 Å². The van der Waals surface area contributed by atoms with E-state index < -0.39 is 0 Å². The molecule has 3 heteroatoms. The number of ether oxygens (including phenoxy) is 1. The van der Waals surface area contributed by atoms with Crippen molar-refractivity contribution in [2.75, 3.05) is 0 Å². The fourth-order valence-corrected chi connectivity index (χ4v) is 3.80. The number of carbonyl (C=O) groups is 1. The smallest absolute Gasteiger partial charge is 0.309 e. The monoisotopic (exact) mass is 332 g/mol. The SMILES string of the molecule is CCC1(OC(=O)C(CC(C)c2ccc(O)cc2)C(C)C)CCCC1. The van der Waals surface area contributed by atoms with Crippen LogP contribution < -0.4 is 0 Å². The fraction of sp³-hybridized carbons (Fsp3) is 0.667. The molecule has 134 valence electrons. The first-order valence-electron chi connectivity index (χ1n) is 9.38. The lowest BCUT2D eigenvalue weighted by Crippen LogP contribution is -2.36. The molecular formula is C21H32O3. The van der Waals surface area contributed by atoms with Crippen molar-refractivity contribution in [2.45, 2.75) is 77.7 Å². The number of esters is 1. The van der Waals surface area contributed by atoms with Gasteiger partial charge in [-0.2, -0.15) is 0 Å². The Balaban J connectivity index is 2.05. The van der Waals surface area contributed by atoms with Gasteiger partial charge in [0.25, 0.3) is 0 Å². The van der Waals surface area contributed by atoms with Gasteiger partial charge in [-0.1, -0.05) is 39.8 Å². The van der Waals surface area contributed by atoms with Gasteiger partial charge in [-0.25, -0.2) is 0 Å². The Kier molecular flexibility index (Phi) is 6.31. The summed E-state index contributed by atoms with van der Waals surface area (Å²) in [5.74, 6) is 0.674. The molecular weight excluding hydrogens is 300 g/mol. The highest BCUT2D eigenvalue weighted by molar-refractivity contribution is 5.73. The first kappa shape index (κ1) is 18.8. The molecule has 1 aliphatic carbocycles. The Bertz CT molecular complexity index is 527. The summed E-state index contributed by atoms with van der Waals surface area (Å²) in [5.41, 5.74) is 0.934. The molecule has 1 saturated carbocycles. The van der Waals surface area contributed by atoms with E-state index in [0.29, 0.717) is 0 Å². The molecule has 0 aromatic heterocycles. The van der Waals surface area contributed by atoms with Crippen LogP contribution in [-0.4, -0.2) is 16.7 Å². The van der Waals surface area contributed by atoms with Gasteiger partial charge in [0.1, 0.15) is 11.4 Å².